The number of hydrogen-bond acceptors (Lipinski definition) is 2. The fraction of sp³-hybridized carbons (Fsp3) is 0.0588. The maximum atomic E-state index is 13.2. The number of aromatic hydroxyl groups is 1. The van der Waals surface area contributed by atoms with Gasteiger partial charge in [0.05, 0.1) is 0 Å². The molecule has 0 aliphatic carbocycles. The van der Waals surface area contributed by atoms with E-state index in [2.05, 4.69) is 15.9 Å². The van der Waals surface area contributed by atoms with Crippen molar-refractivity contribution in [1.29, 1.82) is 0 Å². The van der Waals surface area contributed by atoms with Crippen LogP contribution in [0.3, 0.4) is 0 Å². The van der Waals surface area contributed by atoms with Gasteiger partial charge in [0.2, 0.25) is 0 Å². The molecule has 4 heteroatoms. The van der Waals surface area contributed by atoms with E-state index in [1.165, 1.54) is 12.1 Å². The second kappa shape index (κ2) is 5.74. The van der Waals surface area contributed by atoms with Gasteiger partial charge in [-0.2, -0.15) is 0 Å². The summed E-state index contributed by atoms with van der Waals surface area (Å²) in [5.41, 5.74) is 0.683. The Kier molecular flexibility index (Phi) is 3.80. The van der Waals surface area contributed by atoms with Crippen LogP contribution in [0.4, 0.5) is 4.39 Å². The van der Waals surface area contributed by atoms with Crippen molar-refractivity contribution >= 4 is 26.7 Å². The van der Waals surface area contributed by atoms with Crippen LogP contribution in [0.5, 0.6) is 11.5 Å². The van der Waals surface area contributed by atoms with Crippen molar-refractivity contribution in [3.05, 3.63) is 70.5 Å². The number of rotatable bonds is 3. The molecule has 0 aromatic heterocycles. The predicted molar refractivity (Wildman–Crippen MR) is 84.0 cm³/mol. The Labute approximate surface area is 129 Å². The maximum Gasteiger partial charge on any atom is 0.162 e. The van der Waals surface area contributed by atoms with E-state index < -0.39 is 0 Å². The molecule has 0 saturated carbocycles. The van der Waals surface area contributed by atoms with Gasteiger partial charge in [-0.1, -0.05) is 40.2 Å². The minimum atomic E-state index is -0.320. The van der Waals surface area contributed by atoms with E-state index >= 15 is 0 Å². The predicted octanol–water partition coefficient (Wildman–Crippen LogP) is 5.03. The first-order valence-electron chi connectivity index (χ1n) is 6.42. The van der Waals surface area contributed by atoms with Gasteiger partial charge < -0.3 is 9.84 Å². The van der Waals surface area contributed by atoms with Crippen molar-refractivity contribution in [2.45, 2.75) is 6.61 Å². The highest BCUT2D eigenvalue weighted by Gasteiger charge is 2.07. The van der Waals surface area contributed by atoms with Crippen molar-refractivity contribution in [1.82, 2.24) is 0 Å². The lowest BCUT2D eigenvalue weighted by molar-refractivity contribution is 0.288. The Morgan fingerprint density at radius 3 is 2.48 bits per heavy atom. The monoisotopic (exact) mass is 346 g/mol. The zero-order valence-corrected chi connectivity index (χ0v) is 12.6. The third kappa shape index (κ3) is 3.00. The van der Waals surface area contributed by atoms with Crippen LogP contribution in [0.15, 0.2) is 59.1 Å². The average molecular weight is 347 g/mol. The second-order valence-electron chi connectivity index (χ2n) is 4.69. The van der Waals surface area contributed by atoms with Gasteiger partial charge in [0.25, 0.3) is 0 Å². The molecule has 0 bridgehead atoms. The van der Waals surface area contributed by atoms with Crippen LogP contribution in [0.2, 0.25) is 0 Å². The van der Waals surface area contributed by atoms with Crippen molar-refractivity contribution in [3.8, 4) is 11.5 Å². The molecule has 0 unspecified atom stereocenters. The first-order chi connectivity index (χ1) is 10.1. The fourth-order valence-corrected chi connectivity index (χ4v) is 2.49. The molecule has 0 spiro atoms. The van der Waals surface area contributed by atoms with Gasteiger partial charge in [0, 0.05) is 10.0 Å². The van der Waals surface area contributed by atoms with Crippen molar-refractivity contribution in [2.24, 2.45) is 0 Å². The Bertz CT molecular complexity index is 802. The summed E-state index contributed by atoms with van der Waals surface area (Å²) in [6.45, 7) is 0.171. The first kappa shape index (κ1) is 13.9. The normalized spacial score (nSPS) is 10.8. The Balaban J connectivity index is 1.88. The molecule has 0 amide bonds. The van der Waals surface area contributed by atoms with E-state index in [-0.39, 0.29) is 18.2 Å². The Hall–Kier alpha value is -2.07. The number of halogens is 2. The minimum absolute atomic E-state index is 0.0706. The molecule has 21 heavy (non-hydrogen) atoms. The molecule has 3 aromatic rings. The molecule has 0 aliphatic rings. The molecular formula is C17H12BrFO2. The average Bonchev–Trinajstić information content (AvgIpc) is 2.48. The van der Waals surface area contributed by atoms with Crippen LogP contribution in [0, 0.1) is 5.82 Å². The van der Waals surface area contributed by atoms with Crippen molar-refractivity contribution < 1.29 is 14.2 Å². The lowest BCUT2D eigenvalue weighted by atomic mass is 10.1. The highest BCUT2D eigenvalue weighted by Crippen LogP contribution is 2.32. The fourth-order valence-electron chi connectivity index (χ4n) is 2.13. The molecule has 3 aromatic carbocycles. The maximum absolute atomic E-state index is 13.2. The van der Waals surface area contributed by atoms with Gasteiger partial charge in [-0.25, -0.2) is 4.39 Å². The molecule has 0 radical (unpaired) electrons. The van der Waals surface area contributed by atoms with Crippen LogP contribution < -0.4 is 4.74 Å². The van der Waals surface area contributed by atoms with Gasteiger partial charge in [-0.05, 0) is 41.1 Å². The van der Waals surface area contributed by atoms with Crippen molar-refractivity contribution in [2.75, 3.05) is 0 Å². The molecule has 0 aliphatic heterocycles. The third-order valence-electron chi connectivity index (χ3n) is 3.22. The van der Waals surface area contributed by atoms with Crippen LogP contribution in [0.25, 0.3) is 10.8 Å². The zero-order valence-electron chi connectivity index (χ0n) is 11.0. The molecule has 1 N–H and O–H groups in total. The third-order valence-corrected chi connectivity index (χ3v) is 3.99. The SMILES string of the molecule is Oc1cc2ccccc2cc1OCc1cc(F)ccc1Br. The molecule has 2 nitrogen and oxygen atoms in total. The minimum Gasteiger partial charge on any atom is -0.504 e. The number of ether oxygens (including phenoxy) is 1. The van der Waals surface area contributed by atoms with Crippen molar-refractivity contribution in [3.63, 3.8) is 0 Å². The smallest absolute Gasteiger partial charge is 0.162 e. The number of benzene rings is 3. The van der Waals surface area contributed by atoms with Gasteiger partial charge in [0.15, 0.2) is 11.5 Å². The van der Waals surface area contributed by atoms with E-state index in [1.54, 1.807) is 18.2 Å². The molecule has 106 valence electrons. The zero-order chi connectivity index (χ0) is 14.8. The summed E-state index contributed by atoms with van der Waals surface area (Å²) in [5.74, 6) is 0.130. The van der Waals surface area contributed by atoms with E-state index in [0.717, 1.165) is 15.2 Å². The lowest BCUT2D eigenvalue weighted by Gasteiger charge is -2.11. The van der Waals surface area contributed by atoms with Crippen LogP contribution in [-0.4, -0.2) is 5.11 Å². The number of fused-ring (bicyclic) bond motifs is 1. The van der Waals surface area contributed by atoms with E-state index in [1.807, 2.05) is 24.3 Å². The van der Waals surface area contributed by atoms with Crippen LogP contribution >= 0.6 is 15.9 Å². The molecular weight excluding hydrogens is 335 g/mol. The highest BCUT2D eigenvalue weighted by atomic mass is 79.9. The van der Waals surface area contributed by atoms with Gasteiger partial charge in [-0.3, -0.25) is 0 Å². The summed E-state index contributed by atoms with van der Waals surface area (Å²) in [5, 5.41) is 11.9. The molecule has 3 rings (SSSR count). The summed E-state index contributed by atoms with van der Waals surface area (Å²) >= 11 is 3.35. The Morgan fingerprint density at radius 1 is 1.00 bits per heavy atom. The standard InChI is InChI=1S/C17H12BrFO2/c18-15-6-5-14(19)7-13(15)10-21-17-9-12-4-2-1-3-11(12)8-16(17)20/h1-9,20H,10H2. The summed E-state index contributed by atoms with van der Waals surface area (Å²) in [6, 6.07) is 15.5. The summed E-state index contributed by atoms with van der Waals surface area (Å²) in [4.78, 5) is 0. The molecule has 0 fully saturated rings. The number of phenolic OH excluding ortho intramolecular Hbond substituents is 1. The second-order valence-corrected chi connectivity index (χ2v) is 5.55. The highest BCUT2D eigenvalue weighted by molar-refractivity contribution is 9.10. The number of phenols is 1. The molecule has 0 heterocycles. The van der Waals surface area contributed by atoms with E-state index in [4.69, 9.17) is 4.74 Å². The van der Waals surface area contributed by atoms with Gasteiger partial charge in [0.1, 0.15) is 12.4 Å². The van der Waals surface area contributed by atoms with Gasteiger partial charge in [-0.15, -0.1) is 0 Å². The Morgan fingerprint density at radius 2 is 1.71 bits per heavy atom. The van der Waals surface area contributed by atoms with Crippen LogP contribution in [-0.2, 0) is 6.61 Å². The summed E-state index contributed by atoms with van der Waals surface area (Å²) in [7, 11) is 0. The lowest BCUT2D eigenvalue weighted by Crippen LogP contribution is -1.97. The first-order valence-corrected chi connectivity index (χ1v) is 7.21. The number of hydrogen-bond donors (Lipinski definition) is 1. The molecule has 0 atom stereocenters. The van der Waals surface area contributed by atoms with Crippen LogP contribution in [0.1, 0.15) is 5.56 Å². The van der Waals surface area contributed by atoms with Gasteiger partial charge >= 0.3 is 0 Å². The summed E-state index contributed by atoms with van der Waals surface area (Å²) < 4.78 is 19.6. The van der Waals surface area contributed by atoms with E-state index in [9.17, 15) is 9.50 Å². The summed E-state index contributed by atoms with van der Waals surface area (Å²) in [6.07, 6.45) is 0. The largest absolute Gasteiger partial charge is 0.504 e. The molecule has 0 saturated heterocycles. The van der Waals surface area contributed by atoms with E-state index in [0.29, 0.717) is 11.3 Å². The quantitative estimate of drug-likeness (QED) is 0.720. The topological polar surface area (TPSA) is 29.5 Å².